The van der Waals surface area contributed by atoms with Crippen LogP contribution < -0.4 is 4.87 Å². The van der Waals surface area contributed by atoms with Crippen molar-refractivity contribution < 1.29 is 8.42 Å². The molecule has 0 saturated carbocycles. The van der Waals surface area contributed by atoms with Crippen molar-refractivity contribution in [3.05, 3.63) is 15.4 Å². The van der Waals surface area contributed by atoms with Crippen LogP contribution in [0.2, 0.25) is 0 Å². The number of aromatic nitrogens is 1. The van der Waals surface area contributed by atoms with Crippen LogP contribution in [0, 0.1) is 6.92 Å². The quantitative estimate of drug-likeness (QED) is 0.855. The fourth-order valence-electron chi connectivity index (χ4n) is 1.54. The predicted octanol–water partition coefficient (Wildman–Crippen LogP) is 0.482. The molecule has 0 amide bonds. The molecule has 2 heterocycles. The van der Waals surface area contributed by atoms with Gasteiger partial charge in [0.2, 0.25) is 0 Å². The minimum absolute atomic E-state index is 0.157. The average molecular weight is 280 g/mol. The van der Waals surface area contributed by atoms with Crippen LogP contribution in [-0.2, 0) is 10.0 Å². The van der Waals surface area contributed by atoms with Crippen LogP contribution in [0.1, 0.15) is 5.69 Å². The van der Waals surface area contributed by atoms with Gasteiger partial charge in [-0.1, -0.05) is 11.3 Å². The average Bonchev–Trinajstić information content (AvgIpc) is 2.60. The number of nitrogens with zero attached hydrogens (tertiary/aromatic N) is 1. The minimum atomic E-state index is -3.46. The fraction of sp³-hybridized carbons (Fsp3) is 0.625. The largest absolute Gasteiger partial charge is 0.315 e. The standard InChI is InChI=1S/C8H12N2O3S3/c1-6-7(15-8(11)9-6)16(12,13)10-2-4-14-5-3-10/h2-5H2,1H3,(H,9,11). The Morgan fingerprint density at radius 1 is 1.31 bits per heavy atom. The Balaban J connectivity index is 2.38. The van der Waals surface area contributed by atoms with Gasteiger partial charge in [0.1, 0.15) is 0 Å². The second-order valence-electron chi connectivity index (χ2n) is 3.44. The van der Waals surface area contributed by atoms with Crippen molar-refractivity contribution in [2.45, 2.75) is 11.1 Å². The number of nitrogens with one attached hydrogen (secondary N) is 1. The molecule has 8 heteroatoms. The molecule has 0 radical (unpaired) electrons. The van der Waals surface area contributed by atoms with Crippen LogP contribution in [0.5, 0.6) is 0 Å². The Labute approximate surface area is 102 Å². The van der Waals surface area contributed by atoms with Gasteiger partial charge in [-0.2, -0.15) is 16.1 Å². The van der Waals surface area contributed by atoms with E-state index < -0.39 is 10.0 Å². The van der Waals surface area contributed by atoms with E-state index in [1.807, 2.05) is 0 Å². The number of H-pyrrole nitrogens is 1. The summed E-state index contributed by atoms with van der Waals surface area (Å²) in [5, 5.41) is 0. The summed E-state index contributed by atoms with van der Waals surface area (Å²) in [6.45, 7) is 2.67. The Morgan fingerprint density at radius 3 is 2.44 bits per heavy atom. The monoisotopic (exact) mass is 280 g/mol. The van der Waals surface area contributed by atoms with Gasteiger partial charge in [0.25, 0.3) is 10.0 Å². The van der Waals surface area contributed by atoms with Gasteiger partial charge in [-0.15, -0.1) is 0 Å². The summed E-state index contributed by atoms with van der Waals surface area (Å²) in [5.41, 5.74) is 0.438. The number of thiazole rings is 1. The van der Waals surface area contributed by atoms with Crippen molar-refractivity contribution in [2.24, 2.45) is 0 Å². The van der Waals surface area contributed by atoms with Crippen LogP contribution in [0.3, 0.4) is 0 Å². The molecule has 0 unspecified atom stereocenters. The van der Waals surface area contributed by atoms with Gasteiger partial charge in [-0.05, 0) is 6.92 Å². The fourth-order valence-corrected chi connectivity index (χ4v) is 5.55. The summed E-state index contributed by atoms with van der Waals surface area (Å²) >= 11 is 2.51. The predicted molar refractivity (Wildman–Crippen MR) is 65.8 cm³/mol. The van der Waals surface area contributed by atoms with E-state index in [1.165, 1.54) is 4.31 Å². The molecule has 90 valence electrons. The molecule has 1 fully saturated rings. The number of aryl methyl sites for hydroxylation is 1. The molecule has 1 saturated heterocycles. The van der Waals surface area contributed by atoms with Gasteiger partial charge in [0.15, 0.2) is 4.21 Å². The molecule has 1 aromatic heterocycles. The zero-order chi connectivity index (χ0) is 11.8. The van der Waals surface area contributed by atoms with Crippen molar-refractivity contribution in [1.29, 1.82) is 0 Å². The number of sulfonamides is 1. The highest BCUT2D eigenvalue weighted by molar-refractivity contribution is 7.99. The van der Waals surface area contributed by atoms with E-state index in [0.29, 0.717) is 18.8 Å². The van der Waals surface area contributed by atoms with E-state index in [1.54, 1.807) is 18.7 Å². The molecule has 1 aliphatic heterocycles. The van der Waals surface area contributed by atoms with Crippen molar-refractivity contribution in [3.8, 4) is 0 Å². The molecule has 1 aliphatic rings. The molecule has 1 N–H and O–H groups in total. The highest BCUT2D eigenvalue weighted by Gasteiger charge is 2.29. The summed E-state index contributed by atoms with van der Waals surface area (Å²) in [6.07, 6.45) is 0. The molecular formula is C8H12N2O3S3. The van der Waals surface area contributed by atoms with Gasteiger partial charge in [0.05, 0.1) is 0 Å². The molecule has 0 atom stereocenters. The van der Waals surface area contributed by atoms with Crippen LogP contribution in [0.15, 0.2) is 9.00 Å². The lowest BCUT2D eigenvalue weighted by atomic mass is 10.6. The van der Waals surface area contributed by atoms with Gasteiger partial charge in [0, 0.05) is 30.3 Å². The Kier molecular flexibility index (Phi) is 3.43. The maximum absolute atomic E-state index is 12.2. The summed E-state index contributed by atoms with van der Waals surface area (Å²) in [4.78, 5) is 13.3. The summed E-state index contributed by atoms with van der Waals surface area (Å²) < 4.78 is 26.0. The number of hydrogen-bond donors (Lipinski definition) is 1. The van der Waals surface area contributed by atoms with Gasteiger partial charge < -0.3 is 4.98 Å². The Hall–Kier alpha value is -0.310. The number of rotatable bonds is 2. The van der Waals surface area contributed by atoms with Gasteiger partial charge in [-0.3, -0.25) is 4.79 Å². The van der Waals surface area contributed by atoms with Crippen molar-refractivity contribution in [2.75, 3.05) is 24.6 Å². The summed E-state index contributed by atoms with van der Waals surface area (Å²) in [5.74, 6) is 1.63. The molecule has 0 spiro atoms. The molecule has 1 aromatic rings. The number of aromatic amines is 1. The zero-order valence-electron chi connectivity index (χ0n) is 8.73. The highest BCUT2D eigenvalue weighted by atomic mass is 32.2. The van der Waals surface area contributed by atoms with E-state index in [2.05, 4.69) is 4.98 Å². The van der Waals surface area contributed by atoms with E-state index in [-0.39, 0.29) is 9.08 Å². The number of hydrogen-bond acceptors (Lipinski definition) is 5. The maximum atomic E-state index is 12.2. The van der Waals surface area contributed by atoms with Crippen molar-refractivity contribution in [3.63, 3.8) is 0 Å². The topological polar surface area (TPSA) is 70.2 Å². The smallest absolute Gasteiger partial charge is 0.305 e. The van der Waals surface area contributed by atoms with Crippen molar-refractivity contribution >= 4 is 33.1 Å². The Morgan fingerprint density at radius 2 is 1.94 bits per heavy atom. The second kappa shape index (κ2) is 4.52. The first kappa shape index (κ1) is 12.2. The molecular weight excluding hydrogens is 268 g/mol. The van der Waals surface area contributed by atoms with E-state index in [4.69, 9.17) is 0 Å². The molecule has 2 rings (SSSR count). The lowest BCUT2D eigenvalue weighted by Gasteiger charge is -2.24. The molecule has 0 aromatic carbocycles. The SMILES string of the molecule is Cc1[nH]c(=O)sc1S(=O)(=O)N1CCSCC1. The van der Waals surface area contributed by atoms with Crippen LogP contribution in [0.25, 0.3) is 0 Å². The third-order valence-corrected chi connectivity index (χ3v) is 6.75. The van der Waals surface area contributed by atoms with Crippen LogP contribution in [-0.4, -0.2) is 42.3 Å². The van der Waals surface area contributed by atoms with E-state index in [0.717, 1.165) is 22.8 Å². The third-order valence-electron chi connectivity index (χ3n) is 2.33. The maximum Gasteiger partial charge on any atom is 0.305 e. The molecule has 0 aliphatic carbocycles. The van der Waals surface area contributed by atoms with E-state index in [9.17, 15) is 13.2 Å². The third kappa shape index (κ3) is 2.20. The van der Waals surface area contributed by atoms with Gasteiger partial charge >= 0.3 is 4.87 Å². The highest BCUT2D eigenvalue weighted by Crippen LogP contribution is 2.23. The first-order valence-corrected chi connectivity index (χ1v) is 8.20. The van der Waals surface area contributed by atoms with E-state index >= 15 is 0 Å². The first-order valence-electron chi connectivity index (χ1n) is 4.79. The lowest BCUT2D eigenvalue weighted by molar-refractivity contribution is 0.444. The molecule has 16 heavy (non-hydrogen) atoms. The Bertz CT molecular complexity index is 525. The van der Waals surface area contributed by atoms with Crippen LogP contribution >= 0.6 is 23.1 Å². The second-order valence-corrected chi connectivity index (χ2v) is 7.78. The minimum Gasteiger partial charge on any atom is -0.315 e. The summed E-state index contributed by atoms with van der Waals surface area (Å²) in [7, 11) is -3.46. The lowest BCUT2D eigenvalue weighted by Crippen LogP contribution is -2.37. The van der Waals surface area contributed by atoms with Crippen molar-refractivity contribution in [1.82, 2.24) is 9.29 Å². The first-order chi connectivity index (χ1) is 7.51. The van der Waals surface area contributed by atoms with Gasteiger partial charge in [-0.25, -0.2) is 8.42 Å². The zero-order valence-corrected chi connectivity index (χ0v) is 11.2. The normalized spacial score (nSPS) is 18.8. The molecule has 0 bridgehead atoms. The van der Waals surface area contributed by atoms with Crippen LogP contribution in [0.4, 0.5) is 0 Å². The summed E-state index contributed by atoms with van der Waals surface area (Å²) in [6, 6.07) is 0. The molecule has 5 nitrogen and oxygen atoms in total. The number of thioether (sulfide) groups is 1.